The zero-order chi connectivity index (χ0) is 8.53. The molecule has 0 bridgehead atoms. The highest BCUT2D eigenvalue weighted by atomic mass is 16.5. The highest BCUT2D eigenvalue weighted by Gasteiger charge is 1.86. The summed E-state index contributed by atoms with van der Waals surface area (Å²) in [6, 6.07) is 1.83. The number of hydrogen-bond acceptors (Lipinski definition) is 3. The molecule has 0 atom stereocenters. The Morgan fingerprint density at radius 1 is 1.82 bits per heavy atom. The number of hydrogen-bond donors (Lipinski definition) is 3. The van der Waals surface area contributed by atoms with Crippen LogP contribution in [0.3, 0.4) is 0 Å². The minimum Gasteiger partial charge on any atom is -0.289 e. The molecule has 1 amide bonds. The fraction of sp³-hybridized carbons (Fsp3) is 0.333. The van der Waals surface area contributed by atoms with Gasteiger partial charge in [0.2, 0.25) is 5.91 Å². The van der Waals surface area contributed by atoms with E-state index in [0.717, 1.165) is 0 Å². The fourth-order valence-corrected chi connectivity index (χ4v) is 0.294. The standard InChI is InChI=1S/C3H4N2.C3H7NO2/c1-2-4-5-3-1;1-2-3(5)4-6/h1-3H,(H,4,5);6H,2H2,1H3,(H,4,5). The second-order valence-electron chi connectivity index (χ2n) is 1.65. The lowest BCUT2D eigenvalue weighted by Gasteiger charge is -1.85. The number of rotatable bonds is 1. The summed E-state index contributed by atoms with van der Waals surface area (Å²) in [5.41, 5.74) is 1.48. The maximum atomic E-state index is 9.82. The van der Waals surface area contributed by atoms with E-state index in [0.29, 0.717) is 6.42 Å². The molecule has 1 heterocycles. The van der Waals surface area contributed by atoms with Gasteiger partial charge in [0.25, 0.3) is 0 Å². The first-order chi connectivity index (χ1) is 5.31. The highest BCUT2D eigenvalue weighted by molar-refractivity contribution is 5.73. The van der Waals surface area contributed by atoms with Crippen molar-refractivity contribution in [2.24, 2.45) is 0 Å². The maximum absolute atomic E-state index is 9.82. The second kappa shape index (κ2) is 6.76. The molecular formula is C6H11N3O2. The van der Waals surface area contributed by atoms with Crippen molar-refractivity contribution < 1.29 is 10.0 Å². The van der Waals surface area contributed by atoms with Crippen molar-refractivity contribution >= 4 is 5.91 Å². The predicted molar refractivity (Wildman–Crippen MR) is 38.8 cm³/mol. The highest BCUT2D eigenvalue weighted by Crippen LogP contribution is 1.68. The van der Waals surface area contributed by atoms with Crippen LogP contribution in [0.5, 0.6) is 0 Å². The van der Waals surface area contributed by atoms with Crippen molar-refractivity contribution in [3.63, 3.8) is 0 Å². The van der Waals surface area contributed by atoms with Crippen molar-refractivity contribution in [3.05, 3.63) is 18.5 Å². The SMILES string of the molecule is CCC(=O)NO.c1cn[nH]c1. The lowest BCUT2D eigenvalue weighted by molar-refractivity contribution is -0.128. The van der Waals surface area contributed by atoms with E-state index in [2.05, 4.69) is 10.2 Å². The minimum absolute atomic E-state index is 0.330. The summed E-state index contributed by atoms with van der Waals surface area (Å²) in [6.45, 7) is 1.66. The van der Waals surface area contributed by atoms with Gasteiger partial charge in [0.05, 0.1) is 0 Å². The summed E-state index contributed by atoms with van der Waals surface area (Å²) >= 11 is 0. The zero-order valence-corrected chi connectivity index (χ0v) is 6.24. The molecule has 5 heteroatoms. The first kappa shape index (κ1) is 9.64. The van der Waals surface area contributed by atoms with Crippen LogP contribution in [0.15, 0.2) is 18.5 Å². The normalized spacial score (nSPS) is 7.82. The van der Waals surface area contributed by atoms with E-state index in [1.165, 1.54) is 5.48 Å². The van der Waals surface area contributed by atoms with Crippen molar-refractivity contribution in [1.29, 1.82) is 0 Å². The molecule has 3 N–H and O–H groups in total. The molecule has 62 valence electrons. The molecule has 0 fully saturated rings. The quantitative estimate of drug-likeness (QED) is 0.405. The van der Waals surface area contributed by atoms with Crippen LogP contribution in [0, 0.1) is 0 Å². The molecule has 0 saturated heterocycles. The Hall–Kier alpha value is -1.36. The van der Waals surface area contributed by atoms with Gasteiger partial charge < -0.3 is 0 Å². The van der Waals surface area contributed by atoms with Gasteiger partial charge in [0.15, 0.2) is 0 Å². The molecule has 0 aliphatic carbocycles. The average molecular weight is 157 g/mol. The van der Waals surface area contributed by atoms with Crippen LogP contribution in [-0.4, -0.2) is 21.3 Å². The van der Waals surface area contributed by atoms with E-state index in [1.54, 1.807) is 19.3 Å². The van der Waals surface area contributed by atoms with Crippen molar-refractivity contribution in [3.8, 4) is 0 Å². The predicted octanol–water partition coefficient (Wildman–Crippen LogP) is 0.311. The number of aromatic amines is 1. The van der Waals surface area contributed by atoms with E-state index in [4.69, 9.17) is 5.21 Å². The number of nitrogens with zero attached hydrogens (tertiary/aromatic N) is 1. The summed E-state index contributed by atoms with van der Waals surface area (Å²) in [6.07, 6.45) is 3.79. The van der Waals surface area contributed by atoms with E-state index < -0.39 is 0 Å². The Labute approximate surface area is 64.4 Å². The first-order valence-corrected chi connectivity index (χ1v) is 3.18. The maximum Gasteiger partial charge on any atom is 0.243 e. The van der Waals surface area contributed by atoms with Crippen LogP contribution in [0.4, 0.5) is 0 Å². The Morgan fingerprint density at radius 2 is 2.55 bits per heavy atom. The topological polar surface area (TPSA) is 78.0 Å². The molecule has 0 aromatic carbocycles. The van der Waals surface area contributed by atoms with Gasteiger partial charge in [0.1, 0.15) is 0 Å². The minimum atomic E-state index is -0.352. The molecular weight excluding hydrogens is 146 g/mol. The summed E-state index contributed by atoms with van der Waals surface area (Å²) < 4.78 is 0. The molecule has 0 aliphatic rings. The summed E-state index contributed by atoms with van der Waals surface area (Å²) in [5.74, 6) is -0.352. The summed E-state index contributed by atoms with van der Waals surface area (Å²) in [5, 5.41) is 13.9. The van der Waals surface area contributed by atoms with Crippen LogP contribution in [-0.2, 0) is 4.79 Å². The Bertz CT molecular complexity index is 151. The third-order valence-corrected chi connectivity index (χ3v) is 0.852. The molecule has 1 aromatic rings. The monoisotopic (exact) mass is 157 g/mol. The van der Waals surface area contributed by atoms with Crippen molar-refractivity contribution in [1.82, 2.24) is 15.7 Å². The van der Waals surface area contributed by atoms with Crippen molar-refractivity contribution in [2.75, 3.05) is 0 Å². The van der Waals surface area contributed by atoms with E-state index >= 15 is 0 Å². The van der Waals surface area contributed by atoms with Crippen LogP contribution in [0.1, 0.15) is 13.3 Å². The number of amides is 1. The third-order valence-electron chi connectivity index (χ3n) is 0.852. The number of H-pyrrole nitrogens is 1. The molecule has 5 nitrogen and oxygen atoms in total. The largest absolute Gasteiger partial charge is 0.289 e. The van der Waals surface area contributed by atoms with Gasteiger partial charge in [-0.1, -0.05) is 6.92 Å². The van der Waals surface area contributed by atoms with Gasteiger partial charge in [-0.15, -0.1) is 0 Å². The number of carbonyl (C=O) groups excluding carboxylic acids is 1. The number of carbonyl (C=O) groups is 1. The van der Waals surface area contributed by atoms with Gasteiger partial charge >= 0.3 is 0 Å². The molecule has 1 rings (SSSR count). The van der Waals surface area contributed by atoms with E-state index in [-0.39, 0.29) is 5.91 Å². The molecule has 0 spiro atoms. The van der Waals surface area contributed by atoms with Crippen molar-refractivity contribution in [2.45, 2.75) is 13.3 Å². The van der Waals surface area contributed by atoms with Gasteiger partial charge in [-0.25, -0.2) is 5.48 Å². The Balaban J connectivity index is 0.000000183. The lowest BCUT2D eigenvalue weighted by atomic mass is 10.5. The van der Waals surface area contributed by atoms with Crippen LogP contribution < -0.4 is 5.48 Å². The number of hydroxylamine groups is 1. The van der Waals surface area contributed by atoms with E-state index in [9.17, 15) is 4.79 Å². The molecule has 11 heavy (non-hydrogen) atoms. The van der Waals surface area contributed by atoms with Crippen LogP contribution in [0.25, 0.3) is 0 Å². The van der Waals surface area contributed by atoms with Crippen LogP contribution in [0.2, 0.25) is 0 Å². The molecule has 1 aromatic heterocycles. The third kappa shape index (κ3) is 6.53. The Morgan fingerprint density at radius 3 is 2.64 bits per heavy atom. The molecule has 0 saturated carbocycles. The van der Waals surface area contributed by atoms with Gasteiger partial charge in [-0.05, 0) is 6.07 Å². The van der Waals surface area contributed by atoms with Gasteiger partial charge in [-0.2, -0.15) is 5.10 Å². The lowest BCUT2D eigenvalue weighted by Crippen LogP contribution is -2.16. The van der Waals surface area contributed by atoms with Crippen LogP contribution >= 0.6 is 0 Å². The Kier molecular flexibility index (Phi) is 5.92. The average Bonchev–Trinajstić information content (AvgIpc) is 2.60. The first-order valence-electron chi connectivity index (χ1n) is 3.18. The van der Waals surface area contributed by atoms with Gasteiger partial charge in [0, 0.05) is 18.8 Å². The molecule has 0 radical (unpaired) electrons. The smallest absolute Gasteiger partial charge is 0.243 e. The van der Waals surface area contributed by atoms with Gasteiger partial charge in [-0.3, -0.25) is 15.1 Å². The second-order valence-corrected chi connectivity index (χ2v) is 1.65. The molecule has 0 aliphatic heterocycles. The zero-order valence-electron chi connectivity index (χ0n) is 6.24. The summed E-state index contributed by atoms with van der Waals surface area (Å²) in [7, 11) is 0. The number of nitrogens with one attached hydrogen (secondary N) is 2. The fourth-order valence-electron chi connectivity index (χ4n) is 0.294. The number of aromatic nitrogens is 2. The summed E-state index contributed by atoms with van der Waals surface area (Å²) in [4.78, 5) is 9.82. The van der Waals surface area contributed by atoms with E-state index in [1.807, 2.05) is 6.07 Å². The molecule has 0 unspecified atom stereocenters.